The topological polar surface area (TPSA) is 69.3 Å². The van der Waals surface area contributed by atoms with Crippen molar-refractivity contribution < 1.29 is 13.9 Å². The fraction of sp³-hybridized carbons (Fsp3) is 0.125. The molecule has 0 atom stereocenters. The molecule has 1 amide bonds. The van der Waals surface area contributed by atoms with Crippen molar-refractivity contribution in [1.82, 2.24) is 9.78 Å². The van der Waals surface area contributed by atoms with Crippen molar-refractivity contribution in [2.45, 2.75) is 13.5 Å². The minimum absolute atomic E-state index is 0.135. The van der Waals surface area contributed by atoms with Crippen LogP contribution in [0.5, 0.6) is 11.7 Å². The SMILES string of the molecule is CCn1cc(NC(=O)c2ccc(Oc3ccccc3Cl)o2)cn1. The van der Waals surface area contributed by atoms with Gasteiger partial charge in [-0.05, 0) is 25.1 Å². The number of carbonyl (C=O) groups excluding carboxylic acids is 1. The fourth-order valence-electron chi connectivity index (χ4n) is 1.93. The number of amides is 1. The number of halogens is 1. The minimum Gasteiger partial charge on any atom is -0.424 e. The maximum atomic E-state index is 12.1. The van der Waals surface area contributed by atoms with Crippen LogP contribution in [0.2, 0.25) is 5.02 Å². The van der Waals surface area contributed by atoms with Crippen LogP contribution >= 0.6 is 11.6 Å². The summed E-state index contributed by atoms with van der Waals surface area (Å²) in [6, 6.07) is 10.1. The van der Waals surface area contributed by atoms with Gasteiger partial charge >= 0.3 is 0 Å². The predicted molar refractivity (Wildman–Crippen MR) is 86.1 cm³/mol. The monoisotopic (exact) mass is 331 g/mol. The second kappa shape index (κ2) is 6.58. The molecule has 23 heavy (non-hydrogen) atoms. The number of hydrogen-bond acceptors (Lipinski definition) is 4. The van der Waals surface area contributed by atoms with Crippen LogP contribution in [-0.2, 0) is 6.54 Å². The molecule has 0 aliphatic rings. The molecular formula is C16H14ClN3O3. The van der Waals surface area contributed by atoms with Gasteiger partial charge in [0.15, 0.2) is 5.76 Å². The number of hydrogen-bond donors (Lipinski definition) is 1. The molecule has 0 bridgehead atoms. The Morgan fingerprint density at radius 3 is 2.91 bits per heavy atom. The van der Waals surface area contributed by atoms with Crippen molar-refractivity contribution in [2.24, 2.45) is 0 Å². The van der Waals surface area contributed by atoms with Crippen LogP contribution in [-0.4, -0.2) is 15.7 Å². The second-order valence-electron chi connectivity index (χ2n) is 4.69. The maximum Gasteiger partial charge on any atom is 0.291 e. The summed E-state index contributed by atoms with van der Waals surface area (Å²) in [6.07, 6.45) is 3.31. The first-order chi connectivity index (χ1) is 11.2. The van der Waals surface area contributed by atoms with Gasteiger partial charge in [0.05, 0.1) is 16.9 Å². The van der Waals surface area contributed by atoms with Gasteiger partial charge in [0.1, 0.15) is 5.75 Å². The number of carbonyl (C=O) groups is 1. The molecule has 118 valence electrons. The molecule has 0 spiro atoms. The van der Waals surface area contributed by atoms with Gasteiger partial charge in [0, 0.05) is 18.8 Å². The Morgan fingerprint density at radius 1 is 1.35 bits per heavy atom. The Morgan fingerprint density at radius 2 is 2.17 bits per heavy atom. The standard InChI is InChI=1S/C16H14ClN3O3/c1-2-20-10-11(9-18-20)19-16(21)14-7-8-15(23-14)22-13-6-4-3-5-12(13)17/h3-10H,2H2,1H3,(H,19,21). The Hall–Kier alpha value is -2.73. The van der Waals surface area contributed by atoms with Gasteiger partial charge in [-0.1, -0.05) is 23.7 Å². The highest BCUT2D eigenvalue weighted by Crippen LogP contribution is 2.30. The number of aromatic nitrogens is 2. The lowest BCUT2D eigenvalue weighted by Crippen LogP contribution is -2.10. The zero-order valence-electron chi connectivity index (χ0n) is 12.3. The van der Waals surface area contributed by atoms with Crippen molar-refractivity contribution in [3.05, 3.63) is 59.6 Å². The summed E-state index contributed by atoms with van der Waals surface area (Å²) in [7, 11) is 0. The molecule has 0 aliphatic carbocycles. The predicted octanol–water partition coefficient (Wildman–Crippen LogP) is 4.19. The Balaban J connectivity index is 1.68. The van der Waals surface area contributed by atoms with Gasteiger partial charge in [0.25, 0.3) is 11.9 Å². The summed E-state index contributed by atoms with van der Waals surface area (Å²) in [6.45, 7) is 2.69. The van der Waals surface area contributed by atoms with E-state index in [1.165, 1.54) is 6.07 Å². The first-order valence-electron chi connectivity index (χ1n) is 7.01. The van der Waals surface area contributed by atoms with E-state index in [4.69, 9.17) is 20.8 Å². The Bertz CT molecular complexity index is 825. The number of nitrogens with one attached hydrogen (secondary N) is 1. The zero-order chi connectivity index (χ0) is 16.2. The van der Waals surface area contributed by atoms with Gasteiger partial charge in [-0.25, -0.2) is 0 Å². The van der Waals surface area contributed by atoms with Gasteiger partial charge in [-0.3, -0.25) is 9.48 Å². The Labute approximate surface area is 137 Å². The third kappa shape index (κ3) is 3.54. The van der Waals surface area contributed by atoms with Crippen molar-refractivity contribution in [3.63, 3.8) is 0 Å². The fourth-order valence-corrected chi connectivity index (χ4v) is 2.10. The highest BCUT2D eigenvalue weighted by molar-refractivity contribution is 6.32. The molecule has 3 rings (SSSR count). The average molecular weight is 332 g/mol. The molecule has 0 aliphatic heterocycles. The lowest BCUT2D eigenvalue weighted by Gasteiger charge is -2.03. The number of para-hydroxylation sites is 1. The normalized spacial score (nSPS) is 10.5. The Kier molecular flexibility index (Phi) is 4.34. The third-order valence-electron chi connectivity index (χ3n) is 3.07. The van der Waals surface area contributed by atoms with E-state index in [2.05, 4.69) is 10.4 Å². The number of ether oxygens (including phenoxy) is 1. The summed E-state index contributed by atoms with van der Waals surface area (Å²) in [5.74, 6) is 0.401. The van der Waals surface area contributed by atoms with Crippen molar-refractivity contribution >= 4 is 23.2 Å². The maximum absolute atomic E-state index is 12.1. The second-order valence-corrected chi connectivity index (χ2v) is 5.10. The van der Waals surface area contributed by atoms with Crippen molar-refractivity contribution in [2.75, 3.05) is 5.32 Å². The summed E-state index contributed by atoms with van der Waals surface area (Å²) < 4.78 is 12.6. The quantitative estimate of drug-likeness (QED) is 0.761. The highest BCUT2D eigenvalue weighted by Gasteiger charge is 2.14. The zero-order valence-corrected chi connectivity index (χ0v) is 13.1. The number of anilines is 1. The molecule has 0 saturated heterocycles. The number of aryl methyl sites for hydroxylation is 1. The number of benzene rings is 1. The molecule has 0 fully saturated rings. The van der Waals surface area contributed by atoms with E-state index in [1.807, 2.05) is 6.92 Å². The van der Waals surface area contributed by atoms with E-state index in [9.17, 15) is 4.79 Å². The van der Waals surface area contributed by atoms with Gasteiger partial charge < -0.3 is 14.5 Å². The van der Waals surface area contributed by atoms with Crippen LogP contribution in [0.15, 0.2) is 53.2 Å². The third-order valence-corrected chi connectivity index (χ3v) is 3.38. The number of nitrogens with zero attached hydrogens (tertiary/aromatic N) is 2. The van der Waals surface area contributed by atoms with Crippen molar-refractivity contribution in [1.29, 1.82) is 0 Å². The molecule has 1 N–H and O–H groups in total. The lowest BCUT2D eigenvalue weighted by molar-refractivity contribution is 0.0992. The molecule has 0 saturated carbocycles. The summed E-state index contributed by atoms with van der Waals surface area (Å²) in [5, 5.41) is 7.25. The minimum atomic E-state index is -0.380. The van der Waals surface area contributed by atoms with E-state index < -0.39 is 0 Å². The lowest BCUT2D eigenvalue weighted by atomic mass is 10.3. The average Bonchev–Trinajstić information content (AvgIpc) is 3.19. The van der Waals surface area contributed by atoms with Crippen molar-refractivity contribution in [3.8, 4) is 11.7 Å². The van der Waals surface area contributed by atoms with E-state index in [1.54, 1.807) is 47.4 Å². The molecule has 0 unspecified atom stereocenters. The smallest absolute Gasteiger partial charge is 0.291 e. The van der Waals surface area contributed by atoms with Gasteiger partial charge in [0.2, 0.25) is 0 Å². The van der Waals surface area contributed by atoms with Crippen LogP contribution in [0.25, 0.3) is 0 Å². The molecule has 6 nitrogen and oxygen atoms in total. The molecule has 3 aromatic rings. The van der Waals surface area contributed by atoms with Gasteiger partial charge in [-0.15, -0.1) is 0 Å². The highest BCUT2D eigenvalue weighted by atomic mass is 35.5. The van der Waals surface area contributed by atoms with Crippen LogP contribution < -0.4 is 10.1 Å². The number of rotatable bonds is 5. The molecule has 0 radical (unpaired) electrons. The van der Waals surface area contributed by atoms with Gasteiger partial charge in [-0.2, -0.15) is 5.10 Å². The summed E-state index contributed by atoms with van der Waals surface area (Å²) in [5.41, 5.74) is 0.599. The molecule has 2 heterocycles. The van der Waals surface area contributed by atoms with Crippen LogP contribution in [0, 0.1) is 0 Å². The van der Waals surface area contributed by atoms with E-state index in [0.29, 0.717) is 16.5 Å². The van der Waals surface area contributed by atoms with Crippen LogP contribution in [0.3, 0.4) is 0 Å². The first kappa shape index (κ1) is 15.2. The molecule has 2 aromatic heterocycles. The summed E-state index contributed by atoms with van der Waals surface area (Å²) in [4.78, 5) is 12.1. The largest absolute Gasteiger partial charge is 0.424 e. The molecule has 7 heteroatoms. The molecular weight excluding hydrogens is 318 g/mol. The number of furan rings is 1. The van der Waals surface area contributed by atoms with Crippen LogP contribution in [0.1, 0.15) is 17.5 Å². The van der Waals surface area contributed by atoms with E-state index in [0.717, 1.165) is 6.54 Å². The first-order valence-corrected chi connectivity index (χ1v) is 7.39. The molecule has 1 aromatic carbocycles. The summed E-state index contributed by atoms with van der Waals surface area (Å²) >= 11 is 6.01. The van der Waals surface area contributed by atoms with E-state index >= 15 is 0 Å². The van der Waals surface area contributed by atoms with Crippen LogP contribution in [0.4, 0.5) is 5.69 Å². The van der Waals surface area contributed by atoms with E-state index in [-0.39, 0.29) is 17.6 Å².